The van der Waals surface area contributed by atoms with Crippen LogP contribution in [0.25, 0.3) is 21.5 Å². The second-order valence-electron chi connectivity index (χ2n) is 5.40. The van der Waals surface area contributed by atoms with Crippen LogP contribution in [0.3, 0.4) is 0 Å². The molecule has 2 N–H and O–H groups in total. The first-order valence-electron chi connectivity index (χ1n) is 7.42. The first-order chi connectivity index (χ1) is 12.2. The largest absolute Gasteiger partial charge is 0.494 e. The number of fused-ring (bicyclic) bond motifs is 1. The monoisotopic (exact) mass is 353 g/mol. The number of aromatic nitrogens is 3. The third-order valence-corrected chi connectivity index (χ3v) is 4.73. The van der Waals surface area contributed by atoms with Crippen molar-refractivity contribution in [3.63, 3.8) is 0 Å². The molecule has 0 fully saturated rings. The molecule has 8 heteroatoms. The molecule has 2 heterocycles. The zero-order valence-corrected chi connectivity index (χ0v) is 13.7. The Morgan fingerprint density at radius 2 is 2.04 bits per heavy atom. The Balaban J connectivity index is 2.01. The van der Waals surface area contributed by atoms with E-state index in [1.165, 1.54) is 17.4 Å². The summed E-state index contributed by atoms with van der Waals surface area (Å²) in [4.78, 5) is 0. The Bertz CT molecular complexity index is 1070. The molecular weight excluding hydrogens is 341 g/mol. The Hall–Kier alpha value is -3.13. The smallest absolute Gasteiger partial charge is 0.203 e. The Morgan fingerprint density at radius 3 is 2.76 bits per heavy atom. The summed E-state index contributed by atoms with van der Waals surface area (Å²) in [5.74, 6) is -0.395. The maximum Gasteiger partial charge on any atom is 0.203 e. The highest BCUT2D eigenvalue weighted by molar-refractivity contribution is 7.12. The molecule has 0 spiro atoms. The average Bonchev–Trinajstić information content (AvgIpc) is 3.24. The van der Waals surface area contributed by atoms with Crippen molar-refractivity contribution >= 4 is 27.9 Å². The molecule has 4 rings (SSSR count). The van der Waals surface area contributed by atoms with E-state index in [4.69, 9.17) is 5.53 Å². The van der Waals surface area contributed by atoms with E-state index in [1.54, 1.807) is 46.5 Å². The summed E-state index contributed by atoms with van der Waals surface area (Å²) >= 11 is 1.27. The fourth-order valence-corrected chi connectivity index (χ4v) is 3.50. The van der Waals surface area contributed by atoms with Crippen molar-refractivity contribution in [2.24, 2.45) is 5.11 Å². The van der Waals surface area contributed by atoms with Gasteiger partial charge in [-0.15, -0.1) is 10.2 Å². The standard InChI is InChI=1S/C17H12FN5OS/c18-11-5-2-1-4-10(11)8-23-13-7-3-6-12(21-19)14(13)15(17(23)24)16-22-20-9-25-16/h1-7,9,19,24H,8H2. The number of aromatic hydroxyl groups is 1. The van der Waals surface area contributed by atoms with Gasteiger partial charge in [0.2, 0.25) is 5.88 Å². The van der Waals surface area contributed by atoms with Gasteiger partial charge in [0.1, 0.15) is 11.3 Å². The van der Waals surface area contributed by atoms with E-state index in [0.717, 1.165) is 0 Å². The maximum atomic E-state index is 14.1. The third kappa shape index (κ3) is 2.47. The molecule has 2 aromatic heterocycles. The molecule has 2 aromatic carbocycles. The zero-order chi connectivity index (χ0) is 17.4. The number of nitrogens with zero attached hydrogens (tertiary/aromatic N) is 4. The van der Waals surface area contributed by atoms with Gasteiger partial charge in [-0.05, 0) is 18.2 Å². The molecule has 0 aliphatic heterocycles. The maximum absolute atomic E-state index is 14.1. The van der Waals surface area contributed by atoms with Gasteiger partial charge < -0.3 is 9.67 Å². The molecule has 0 saturated carbocycles. The minimum Gasteiger partial charge on any atom is -0.494 e. The van der Waals surface area contributed by atoms with E-state index in [1.807, 2.05) is 0 Å². The first kappa shape index (κ1) is 15.4. The molecule has 0 saturated heterocycles. The summed E-state index contributed by atoms with van der Waals surface area (Å²) in [6.45, 7) is 0.148. The lowest BCUT2D eigenvalue weighted by Crippen LogP contribution is -2.01. The Labute approximate surface area is 145 Å². The van der Waals surface area contributed by atoms with Crippen LogP contribution < -0.4 is 0 Å². The number of hydrogen-bond acceptors (Lipinski definition) is 6. The normalized spacial score (nSPS) is 11.1. The second kappa shape index (κ2) is 6.06. The number of halogens is 1. The second-order valence-corrected chi connectivity index (χ2v) is 6.24. The van der Waals surface area contributed by atoms with Crippen molar-refractivity contribution in [1.82, 2.24) is 14.8 Å². The predicted molar refractivity (Wildman–Crippen MR) is 92.8 cm³/mol. The van der Waals surface area contributed by atoms with E-state index < -0.39 is 0 Å². The first-order valence-corrected chi connectivity index (χ1v) is 8.30. The molecular formula is C17H12FN5OS. The summed E-state index contributed by atoms with van der Waals surface area (Å²) < 4.78 is 15.7. The van der Waals surface area contributed by atoms with Crippen LogP contribution in [-0.4, -0.2) is 19.9 Å². The highest BCUT2D eigenvalue weighted by Crippen LogP contribution is 2.44. The van der Waals surface area contributed by atoms with Crippen molar-refractivity contribution in [3.05, 3.63) is 59.4 Å². The van der Waals surface area contributed by atoms with Gasteiger partial charge in [-0.1, -0.05) is 35.6 Å². The van der Waals surface area contributed by atoms with Crippen LogP contribution in [-0.2, 0) is 6.54 Å². The average molecular weight is 353 g/mol. The van der Waals surface area contributed by atoms with E-state index >= 15 is 0 Å². The SMILES string of the molecule is N=Nc1cccc2c1c(-c1nncs1)c(O)n2Cc1ccccc1F. The quantitative estimate of drug-likeness (QED) is 0.521. The Kier molecular flexibility index (Phi) is 3.73. The molecule has 0 radical (unpaired) electrons. The minimum atomic E-state index is -0.345. The van der Waals surface area contributed by atoms with Gasteiger partial charge in [0, 0.05) is 10.9 Å². The number of hydrogen-bond donors (Lipinski definition) is 2. The predicted octanol–water partition coefficient (Wildman–Crippen LogP) is 4.72. The molecule has 0 aliphatic rings. The topological polar surface area (TPSA) is 87.2 Å². The molecule has 124 valence electrons. The van der Waals surface area contributed by atoms with Crippen molar-refractivity contribution in [2.75, 3.05) is 0 Å². The van der Waals surface area contributed by atoms with Crippen LogP contribution in [0.5, 0.6) is 5.88 Å². The molecule has 0 unspecified atom stereocenters. The molecule has 25 heavy (non-hydrogen) atoms. The molecule has 0 atom stereocenters. The summed E-state index contributed by atoms with van der Waals surface area (Å²) in [6, 6.07) is 11.7. The van der Waals surface area contributed by atoms with Gasteiger partial charge >= 0.3 is 0 Å². The van der Waals surface area contributed by atoms with E-state index in [-0.39, 0.29) is 18.2 Å². The van der Waals surface area contributed by atoms with Gasteiger partial charge in [-0.25, -0.2) is 9.92 Å². The van der Waals surface area contributed by atoms with Crippen LogP contribution >= 0.6 is 11.3 Å². The highest BCUT2D eigenvalue weighted by Gasteiger charge is 2.23. The lowest BCUT2D eigenvalue weighted by atomic mass is 10.1. The highest BCUT2D eigenvalue weighted by atomic mass is 32.1. The lowest BCUT2D eigenvalue weighted by Gasteiger charge is -2.08. The van der Waals surface area contributed by atoms with Gasteiger partial charge in [0.15, 0.2) is 5.01 Å². The molecule has 4 aromatic rings. The van der Waals surface area contributed by atoms with Gasteiger partial charge in [0.05, 0.1) is 23.3 Å². The number of rotatable bonds is 4. The molecule has 0 bridgehead atoms. The third-order valence-electron chi connectivity index (χ3n) is 4.02. The van der Waals surface area contributed by atoms with Crippen LogP contribution in [0.2, 0.25) is 0 Å². The van der Waals surface area contributed by atoms with Gasteiger partial charge in [-0.2, -0.15) is 5.11 Å². The fourth-order valence-electron chi connectivity index (χ4n) is 2.90. The summed E-state index contributed by atoms with van der Waals surface area (Å²) in [7, 11) is 0. The van der Waals surface area contributed by atoms with E-state index in [9.17, 15) is 9.50 Å². The van der Waals surface area contributed by atoms with Crippen molar-refractivity contribution in [2.45, 2.75) is 6.54 Å². The van der Waals surface area contributed by atoms with Crippen LogP contribution in [0.4, 0.5) is 10.1 Å². The summed E-state index contributed by atoms with van der Waals surface area (Å²) in [5.41, 5.74) is 11.0. The van der Waals surface area contributed by atoms with E-state index in [2.05, 4.69) is 15.3 Å². The van der Waals surface area contributed by atoms with E-state index in [0.29, 0.717) is 32.7 Å². The molecule has 0 amide bonds. The number of nitrogens with one attached hydrogen (secondary N) is 1. The number of benzene rings is 2. The van der Waals surface area contributed by atoms with Crippen LogP contribution in [0, 0.1) is 11.3 Å². The van der Waals surface area contributed by atoms with Crippen LogP contribution in [0.1, 0.15) is 5.56 Å². The minimum absolute atomic E-state index is 0.0499. The molecule has 0 aliphatic carbocycles. The molecule has 6 nitrogen and oxygen atoms in total. The fraction of sp³-hybridized carbons (Fsp3) is 0.0588. The Morgan fingerprint density at radius 1 is 1.20 bits per heavy atom. The van der Waals surface area contributed by atoms with Gasteiger partial charge in [-0.3, -0.25) is 0 Å². The van der Waals surface area contributed by atoms with Gasteiger partial charge in [0.25, 0.3) is 0 Å². The lowest BCUT2D eigenvalue weighted by molar-refractivity contribution is 0.428. The van der Waals surface area contributed by atoms with Crippen LogP contribution in [0.15, 0.2) is 53.1 Å². The van der Waals surface area contributed by atoms with Crippen molar-refractivity contribution in [3.8, 4) is 16.5 Å². The van der Waals surface area contributed by atoms with Crippen molar-refractivity contribution in [1.29, 1.82) is 5.53 Å². The summed E-state index contributed by atoms with van der Waals surface area (Å²) in [5, 5.41) is 23.4. The summed E-state index contributed by atoms with van der Waals surface area (Å²) in [6.07, 6.45) is 0. The zero-order valence-electron chi connectivity index (χ0n) is 12.8. The van der Waals surface area contributed by atoms with Crippen molar-refractivity contribution < 1.29 is 9.50 Å².